The minimum Gasteiger partial charge on any atom is -0.495 e. The van der Waals surface area contributed by atoms with Crippen molar-refractivity contribution in [1.29, 1.82) is 0 Å². The standard InChI is InChI=1S/C34H42N4O3/c1-3-4-5-10-26-13-15-27(16-14-26)33(39)35-28-17-18-30(29(25-28)34(40)38-19-8-9-20-38)36-21-23-37(24-22-36)31-11-6-7-12-32(31)41-2/h6-7,11-18,25H,3-5,8-10,19-24H2,1-2H3,(H,35,39). The highest BCUT2D eigenvalue weighted by Gasteiger charge is 2.27. The van der Waals surface area contributed by atoms with Gasteiger partial charge < -0.3 is 24.8 Å². The minimum atomic E-state index is -0.164. The van der Waals surface area contributed by atoms with Crippen LogP contribution in [0.4, 0.5) is 17.1 Å². The first kappa shape index (κ1) is 28.5. The Hall–Kier alpha value is -4.00. The van der Waals surface area contributed by atoms with Crippen LogP contribution in [0.3, 0.4) is 0 Å². The summed E-state index contributed by atoms with van der Waals surface area (Å²) < 4.78 is 5.58. The molecule has 216 valence electrons. The van der Waals surface area contributed by atoms with E-state index in [1.54, 1.807) is 7.11 Å². The van der Waals surface area contributed by atoms with Crippen LogP contribution in [0.1, 0.15) is 65.3 Å². The number of benzene rings is 3. The molecule has 2 heterocycles. The molecule has 0 unspecified atom stereocenters. The molecule has 2 aliphatic rings. The summed E-state index contributed by atoms with van der Waals surface area (Å²) in [5, 5.41) is 3.04. The number of piperazine rings is 1. The smallest absolute Gasteiger partial charge is 0.256 e. The summed E-state index contributed by atoms with van der Waals surface area (Å²) >= 11 is 0. The molecule has 7 nitrogen and oxygen atoms in total. The number of nitrogens with one attached hydrogen (secondary N) is 1. The van der Waals surface area contributed by atoms with Gasteiger partial charge in [0.25, 0.3) is 11.8 Å². The molecule has 0 atom stereocenters. The number of rotatable bonds is 10. The van der Waals surface area contributed by atoms with Crippen LogP contribution in [0.2, 0.25) is 0 Å². The summed E-state index contributed by atoms with van der Waals surface area (Å²) in [5.74, 6) is 0.747. The molecule has 2 amide bonds. The van der Waals surface area contributed by atoms with Gasteiger partial charge in [-0.3, -0.25) is 9.59 Å². The van der Waals surface area contributed by atoms with E-state index < -0.39 is 0 Å². The zero-order valence-electron chi connectivity index (χ0n) is 24.4. The molecule has 2 fully saturated rings. The van der Waals surface area contributed by atoms with Crippen LogP contribution in [0.25, 0.3) is 0 Å². The molecule has 1 N–H and O–H groups in total. The fraction of sp³-hybridized carbons (Fsp3) is 0.412. The van der Waals surface area contributed by atoms with Gasteiger partial charge in [0.2, 0.25) is 0 Å². The maximum absolute atomic E-state index is 13.7. The highest BCUT2D eigenvalue weighted by atomic mass is 16.5. The van der Waals surface area contributed by atoms with Gasteiger partial charge in [-0.2, -0.15) is 0 Å². The molecule has 0 bridgehead atoms. The number of nitrogens with zero attached hydrogens (tertiary/aromatic N) is 3. The third kappa shape index (κ3) is 6.84. The number of likely N-dealkylation sites (tertiary alicyclic amines) is 1. The Labute approximate surface area is 244 Å². The summed E-state index contributed by atoms with van der Waals surface area (Å²) in [7, 11) is 1.70. The number of hydrogen-bond acceptors (Lipinski definition) is 5. The van der Waals surface area contributed by atoms with E-state index in [0.29, 0.717) is 16.8 Å². The number of amides is 2. The summed E-state index contributed by atoms with van der Waals surface area (Å²) in [4.78, 5) is 33.4. The van der Waals surface area contributed by atoms with E-state index in [1.807, 2.05) is 65.6 Å². The van der Waals surface area contributed by atoms with Crippen molar-refractivity contribution in [3.8, 4) is 5.75 Å². The number of aryl methyl sites for hydroxylation is 1. The lowest BCUT2D eigenvalue weighted by Gasteiger charge is -2.38. The molecule has 3 aromatic carbocycles. The van der Waals surface area contributed by atoms with Crippen molar-refractivity contribution in [3.63, 3.8) is 0 Å². The van der Waals surface area contributed by atoms with E-state index >= 15 is 0 Å². The van der Waals surface area contributed by atoms with Crippen LogP contribution in [0, 0.1) is 0 Å². The largest absolute Gasteiger partial charge is 0.495 e. The van der Waals surface area contributed by atoms with Crippen LogP contribution in [-0.2, 0) is 6.42 Å². The Balaban J connectivity index is 1.31. The third-order valence-electron chi connectivity index (χ3n) is 8.21. The molecular weight excluding hydrogens is 512 g/mol. The first-order valence-corrected chi connectivity index (χ1v) is 15.0. The molecule has 7 heteroatoms. The lowest BCUT2D eigenvalue weighted by atomic mass is 10.0. The maximum Gasteiger partial charge on any atom is 0.256 e. The topological polar surface area (TPSA) is 65.1 Å². The van der Waals surface area contributed by atoms with E-state index in [0.717, 1.165) is 82.1 Å². The maximum atomic E-state index is 13.7. The Morgan fingerprint density at radius 3 is 2.17 bits per heavy atom. The lowest BCUT2D eigenvalue weighted by molar-refractivity contribution is 0.0793. The minimum absolute atomic E-state index is 0.0391. The van der Waals surface area contributed by atoms with Gasteiger partial charge in [0.05, 0.1) is 18.4 Å². The fourth-order valence-corrected chi connectivity index (χ4v) is 5.84. The zero-order chi connectivity index (χ0) is 28.6. The Bertz CT molecular complexity index is 1330. The van der Waals surface area contributed by atoms with Crippen LogP contribution in [-0.4, -0.2) is 63.1 Å². The van der Waals surface area contributed by atoms with E-state index in [9.17, 15) is 9.59 Å². The molecule has 0 radical (unpaired) electrons. The monoisotopic (exact) mass is 554 g/mol. The summed E-state index contributed by atoms with van der Waals surface area (Å²) in [5.41, 5.74) is 5.19. The van der Waals surface area contributed by atoms with Crippen molar-refractivity contribution < 1.29 is 14.3 Å². The quantitative estimate of drug-likeness (QED) is 0.301. The Kier molecular flexibility index (Phi) is 9.44. The van der Waals surface area contributed by atoms with Gasteiger partial charge in [-0.15, -0.1) is 0 Å². The van der Waals surface area contributed by atoms with Crippen LogP contribution >= 0.6 is 0 Å². The highest BCUT2D eigenvalue weighted by Crippen LogP contribution is 2.32. The van der Waals surface area contributed by atoms with Gasteiger partial charge in [-0.1, -0.05) is 44.0 Å². The summed E-state index contributed by atoms with van der Waals surface area (Å²) in [6, 6.07) is 21.7. The second-order valence-corrected chi connectivity index (χ2v) is 11.0. The van der Waals surface area contributed by atoms with E-state index in [1.165, 1.54) is 18.4 Å². The summed E-state index contributed by atoms with van der Waals surface area (Å²) in [6.45, 7) is 6.98. The molecule has 0 aromatic heterocycles. The van der Waals surface area contributed by atoms with Crippen LogP contribution in [0.5, 0.6) is 5.75 Å². The zero-order valence-corrected chi connectivity index (χ0v) is 24.4. The fourth-order valence-electron chi connectivity index (χ4n) is 5.84. The Morgan fingerprint density at radius 2 is 1.49 bits per heavy atom. The van der Waals surface area contributed by atoms with Gasteiger partial charge in [0.15, 0.2) is 0 Å². The molecule has 0 aliphatic carbocycles. The average Bonchev–Trinajstić information content (AvgIpc) is 3.56. The van der Waals surface area contributed by atoms with Crippen molar-refractivity contribution in [1.82, 2.24) is 4.90 Å². The normalized spacial score (nSPS) is 15.2. The van der Waals surface area contributed by atoms with Crippen molar-refractivity contribution in [2.24, 2.45) is 0 Å². The van der Waals surface area contributed by atoms with Gasteiger partial charge >= 0.3 is 0 Å². The highest BCUT2D eigenvalue weighted by molar-refractivity contribution is 6.06. The predicted molar refractivity (Wildman–Crippen MR) is 167 cm³/mol. The second-order valence-electron chi connectivity index (χ2n) is 11.0. The number of ether oxygens (including phenoxy) is 1. The molecule has 0 saturated carbocycles. The van der Waals surface area contributed by atoms with Gasteiger partial charge in [-0.25, -0.2) is 0 Å². The number of hydrogen-bond donors (Lipinski definition) is 1. The summed E-state index contributed by atoms with van der Waals surface area (Å²) in [6.07, 6.45) is 6.67. The number of methoxy groups -OCH3 is 1. The molecule has 5 rings (SSSR count). The second kappa shape index (κ2) is 13.6. The van der Waals surface area contributed by atoms with E-state index in [2.05, 4.69) is 28.1 Å². The average molecular weight is 555 g/mol. The van der Waals surface area contributed by atoms with Crippen LogP contribution < -0.4 is 19.9 Å². The molecule has 3 aromatic rings. The first-order chi connectivity index (χ1) is 20.1. The van der Waals surface area contributed by atoms with Gasteiger partial charge in [0, 0.05) is 56.2 Å². The third-order valence-corrected chi connectivity index (χ3v) is 8.21. The van der Waals surface area contributed by atoms with Crippen molar-refractivity contribution in [3.05, 3.63) is 83.4 Å². The predicted octanol–water partition coefficient (Wildman–Crippen LogP) is 6.24. The van der Waals surface area contributed by atoms with Crippen molar-refractivity contribution in [2.45, 2.75) is 45.4 Å². The molecule has 2 saturated heterocycles. The molecule has 41 heavy (non-hydrogen) atoms. The number of unbranched alkanes of at least 4 members (excludes halogenated alkanes) is 2. The molecular formula is C34H42N4O3. The van der Waals surface area contributed by atoms with E-state index in [-0.39, 0.29) is 11.8 Å². The number of carbonyl (C=O) groups excluding carboxylic acids is 2. The number of carbonyl (C=O) groups is 2. The van der Waals surface area contributed by atoms with Crippen molar-refractivity contribution >= 4 is 28.9 Å². The Morgan fingerprint density at radius 1 is 0.805 bits per heavy atom. The van der Waals surface area contributed by atoms with Crippen LogP contribution in [0.15, 0.2) is 66.7 Å². The van der Waals surface area contributed by atoms with Crippen molar-refractivity contribution in [2.75, 3.05) is 61.5 Å². The van der Waals surface area contributed by atoms with E-state index in [4.69, 9.17) is 4.74 Å². The van der Waals surface area contributed by atoms with Gasteiger partial charge in [-0.05, 0) is 73.7 Å². The van der Waals surface area contributed by atoms with Gasteiger partial charge in [0.1, 0.15) is 5.75 Å². The number of anilines is 3. The number of para-hydroxylation sites is 2. The molecule has 2 aliphatic heterocycles. The lowest BCUT2D eigenvalue weighted by Crippen LogP contribution is -2.47. The molecule has 0 spiro atoms. The SMILES string of the molecule is CCCCCc1ccc(C(=O)Nc2ccc(N3CCN(c4ccccc4OC)CC3)c(C(=O)N3CCCC3)c2)cc1. The first-order valence-electron chi connectivity index (χ1n) is 15.0.